The highest BCUT2D eigenvalue weighted by Crippen LogP contribution is 2.41. The van der Waals surface area contributed by atoms with Crippen LogP contribution in [0, 0.1) is 12.3 Å². The molecule has 0 radical (unpaired) electrons. The topological polar surface area (TPSA) is 111 Å². The molecule has 2 aliphatic heterocycles. The molecular formula is C24H27F6N3O5S. The van der Waals surface area contributed by atoms with E-state index in [0.717, 1.165) is 51.0 Å². The van der Waals surface area contributed by atoms with Crippen molar-refractivity contribution < 1.29 is 50.9 Å². The monoisotopic (exact) mass is 583 g/mol. The van der Waals surface area contributed by atoms with E-state index >= 15 is 0 Å². The van der Waals surface area contributed by atoms with Crippen LogP contribution in [0.1, 0.15) is 34.6 Å². The minimum atomic E-state index is -5.08. The maximum atomic E-state index is 13.2. The Labute approximate surface area is 223 Å². The number of carboxylic acid groups (broad SMARTS) is 2. The van der Waals surface area contributed by atoms with E-state index in [1.165, 1.54) is 9.75 Å². The summed E-state index contributed by atoms with van der Waals surface area (Å²) in [5, 5.41) is 14.2. The number of carboxylic acids is 2. The third kappa shape index (κ3) is 9.80. The van der Waals surface area contributed by atoms with Gasteiger partial charge in [-0.25, -0.2) is 9.59 Å². The van der Waals surface area contributed by atoms with Gasteiger partial charge in [0, 0.05) is 48.3 Å². The Balaban J connectivity index is 0.000000317. The minimum absolute atomic E-state index is 0.160. The molecule has 0 saturated carbocycles. The molecule has 1 unspecified atom stereocenters. The summed E-state index contributed by atoms with van der Waals surface area (Å²) < 4.78 is 63.5. The van der Waals surface area contributed by atoms with Gasteiger partial charge in [0.25, 0.3) is 0 Å². The SMILES string of the molecule is Cc1ccc(CN2CCCC3(CCN(Cc4cccnc4)C3=O)C2)s1.O=C(O)C(F)(F)F.O=C(O)C(F)(F)F. The highest BCUT2D eigenvalue weighted by atomic mass is 32.1. The summed E-state index contributed by atoms with van der Waals surface area (Å²) in [6.07, 6.45) is -3.37. The van der Waals surface area contributed by atoms with Gasteiger partial charge in [0.2, 0.25) is 5.91 Å². The van der Waals surface area contributed by atoms with E-state index in [2.05, 4.69) is 35.0 Å². The van der Waals surface area contributed by atoms with Crippen LogP contribution >= 0.6 is 11.3 Å². The number of likely N-dealkylation sites (tertiary alicyclic amines) is 2. The van der Waals surface area contributed by atoms with Crippen LogP contribution in [0.25, 0.3) is 0 Å². The Hall–Kier alpha value is -3.20. The van der Waals surface area contributed by atoms with Gasteiger partial charge >= 0.3 is 24.3 Å². The Morgan fingerprint density at radius 1 is 1.00 bits per heavy atom. The number of pyridine rings is 1. The molecule has 15 heteroatoms. The number of aryl methyl sites for hydroxylation is 1. The van der Waals surface area contributed by atoms with Crippen LogP contribution in [-0.2, 0) is 27.5 Å². The van der Waals surface area contributed by atoms with Crippen LogP contribution in [0.15, 0.2) is 36.7 Å². The average molecular weight is 584 g/mol. The molecule has 1 spiro atoms. The van der Waals surface area contributed by atoms with Crippen molar-refractivity contribution in [1.29, 1.82) is 0 Å². The lowest BCUT2D eigenvalue weighted by molar-refractivity contribution is -0.193. The smallest absolute Gasteiger partial charge is 0.475 e. The molecule has 2 aromatic heterocycles. The molecule has 8 nitrogen and oxygen atoms in total. The number of carbonyl (C=O) groups excluding carboxylic acids is 1. The van der Waals surface area contributed by atoms with Crippen LogP contribution in [-0.4, -0.2) is 74.8 Å². The summed E-state index contributed by atoms with van der Waals surface area (Å²) >= 11 is 1.87. The first kappa shape index (κ1) is 32.0. The molecule has 2 fully saturated rings. The van der Waals surface area contributed by atoms with Crippen molar-refractivity contribution in [3.63, 3.8) is 0 Å². The predicted molar refractivity (Wildman–Crippen MR) is 128 cm³/mol. The molecule has 0 aliphatic carbocycles. The second-order valence-corrected chi connectivity index (χ2v) is 10.4. The molecule has 216 valence electrons. The highest BCUT2D eigenvalue weighted by Gasteiger charge is 2.48. The van der Waals surface area contributed by atoms with Gasteiger partial charge in [0.05, 0.1) is 5.41 Å². The molecule has 39 heavy (non-hydrogen) atoms. The van der Waals surface area contributed by atoms with Crippen LogP contribution in [0.5, 0.6) is 0 Å². The van der Waals surface area contributed by atoms with Crippen molar-refractivity contribution in [2.24, 2.45) is 5.41 Å². The maximum Gasteiger partial charge on any atom is 0.490 e. The van der Waals surface area contributed by atoms with E-state index in [9.17, 15) is 31.1 Å². The minimum Gasteiger partial charge on any atom is -0.475 e. The molecule has 1 amide bonds. The van der Waals surface area contributed by atoms with Crippen LogP contribution in [0.3, 0.4) is 0 Å². The van der Waals surface area contributed by atoms with Gasteiger partial charge in [-0.05, 0) is 56.5 Å². The number of alkyl halides is 6. The number of amides is 1. The fraction of sp³-hybridized carbons (Fsp3) is 0.500. The Kier molecular flexibility index (Phi) is 10.9. The van der Waals surface area contributed by atoms with E-state index in [-0.39, 0.29) is 5.41 Å². The van der Waals surface area contributed by atoms with Gasteiger partial charge in [0.1, 0.15) is 0 Å². The van der Waals surface area contributed by atoms with E-state index in [4.69, 9.17) is 19.8 Å². The third-order valence-corrected chi connectivity index (χ3v) is 7.00. The highest BCUT2D eigenvalue weighted by molar-refractivity contribution is 7.11. The number of rotatable bonds is 4. The lowest BCUT2D eigenvalue weighted by Gasteiger charge is -2.39. The third-order valence-electron chi connectivity index (χ3n) is 6.01. The number of carbonyl (C=O) groups is 3. The molecule has 2 aromatic rings. The zero-order valence-corrected chi connectivity index (χ0v) is 21.6. The zero-order chi connectivity index (χ0) is 29.4. The molecule has 1 atom stereocenters. The zero-order valence-electron chi connectivity index (χ0n) is 20.8. The van der Waals surface area contributed by atoms with Crippen molar-refractivity contribution in [1.82, 2.24) is 14.8 Å². The molecule has 2 saturated heterocycles. The average Bonchev–Trinajstić information content (AvgIpc) is 3.37. The predicted octanol–water partition coefficient (Wildman–Crippen LogP) is 4.73. The lowest BCUT2D eigenvalue weighted by atomic mass is 9.78. The number of hydrogen-bond donors (Lipinski definition) is 2. The number of piperidine rings is 1. The summed E-state index contributed by atoms with van der Waals surface area (Å²) in [6.45, 7) is 6.72. The Morgan fingerprint density at radius 2 is 1.62 bits per heavy atom. The number of hydrogen-bond acceptors (Lipinski definition) is 6. The maximum absolute atomic E-state index is 13.2. The van der Waals surface area contributed by atoms with E-state index in [1.54, 1.807) is 6.20 Å². The Bertz CT molecular complexity index is 1100. The number of halogens is 6. The van der Waals surface area contributed by atoms with Gasteiger partial charge in [-0.15, -0.1) is 11.3 Å². The van der Waals surface area contributed by atoms with Gasteiger partial charge in [-0.3, -0.25) is 14.7 Å². The van der Waals surface area contributed by atoms with Crippen LogP contribution in [0.2, 0.25) is 0 Å². The molecule has 2 aliphatic rings. The van der Waals surface area contributed by atoms with E-state index in [1.807, 2.05) is 28.5 Å². The van der Waals surface area contributed by atoms with Gasteiger partial charge in [-0.2, -0.15) is 26.3 Å². The first-order valence-electron chi connectivity index (χ1n) is 11.6. The number of nitrogens with zero attached hydrogens (tertiary/aromatic N) is 3. The summed E-state index contributed by atoms with van der Waals surface area (Å²) in [5.74, 6) is -5.16. The van der Waals surface area contributed by atoms with Crippen LogP contribution in [0.4, 0.5) is 26.3 Å². The number of aliphatic carboxylic acids is 2. The largest absolute Gasteiger partial charge is 0.490 e. The molecule has 0 bridgehead atoms. The van der Waals surface area contributed by atoms with E-state index in [0.29, 0.717) is 12.5 Å². The summed E-state index contributed by atoms with van der Waals surface area (Å²) in [4.78, 5) is 42.4. The summed E-state index contributed by atoms with van der Waals surface area (Å²) in [7, 11) is 0. The first-order valence-corrected chi connectivity index (χ1v) is 12.4. The van der Waals surface area contributed by atoms with Crippen LogP contribution < -0.4 is 0 Å². The van der Waals surface area contributed by atoms with Crippen molar-refractivity contribution in [3.05, 3.63) is 52.0 Å². The normalized spacial score (nSPS) is 19.7. The first-order chi connectivity index (χ1) is 18.0. The van der Waals surface area contributed by atoms with Gasteiger partial charge in [-0.1, -0.05) is 6.07 Å². The molecule has 4 heterocycles. The van der Waals surface area contributed by atoms with Gasteiger partial charge in [0.15, 0.2) is 0 Å². The fourth-order valence-corrected chi connectivity index (χ4v) is 5.22. The summed E-state index contributed by atoms with van der Waals surface area (Å²) in [6, 6.07) is 8.41. The molecule has 2 N–H and O–H groups in total. The fourth-order valence-electron chi connectivity index (χ4n) is 4.29. The standard InChI is InChI=1S/C20H25N3OS.2C2HF3O2/c1-16-5-6-18(25-16)14-22-10-3-7-20(15-22)8-11-23(19(20)24)13-17-4-2-9-21-12-17;2*3-2(4,5)1(6)7/h2,4-6,9,12H,3,7-8,10-11,13-15H2,1H3;2*(H,6,7). The number of thiophene rings is 1. The van der Waals surface area contributed by atoms with Crippen molar-refractivity contribution >= 4 is 29.2 Å². The lowest BCUT2D eigenvalue weighted by Crippen LogP contribution is -2.47. The molecule has 0 aromatic carbocycles. The molecule has 4 rings (SSSR count). The second-order valence-electron chi connectivity index (χ2n) is 9.05. The number of aromatic nitrogens is 1. The summed E-state index contributed by atoms with van der Waals surface area (Å²) in [5.41, 5.74) is 0.960. The van der Waals surface area contributed by atoms with Crippen molar-refractivity contribution in [2.75, 3.05) is 19.6 Å². The van der Waals surface area contributed by atoms with Gasteiger partial charge < -0.3 is 15.1 Å². The molecular weight excluding hydrogens is 556 g/mol. The quantitative estimate of drug-likeness (QED) is 0.501. The van der Waals surface area contributed by atoms with E-state index < -0.39 is 24.3 Å². The second kappa shape index (κ2) is 13.2. The van der Waals surface area contributed by atoms with Crippen molar-refractivity contribution in [2.45, 2.75) is 51.6 Å². The Morgan fingerprint density at radius 3 is 2.10 bits per heavy atom. The van der Waals surface area contributed by atoms with Crippen molar-refractivity contribution in [3.8, 4) is 0 Å².